The van der Waals surface area contributed by atoms with Crippen molar-refractivity contribution in [2.24, 2.45) is 13.0 Å². The Bertz CT molecular complexity index is 3190. The van der Waals surface area contributed by atoms with Crippen molar-refractivity contribution < 1.29 is 43.9 Å². The van der Waals surface area contributed by atoms with Crippen molar-refractivity contribution in [2.75, 3.05) is 17.7 Å². The fraction of sp³-hybridized carbons (Fsp3) is 0.300. The largest absolute Gasteiger partial charge is 0.344 e. The summed E-state index contributed by atoms with van der Waals surface area (Å²) in [6.07, 6.45) is 0.198. The first kappa shape index (κ1) is 42.0. The second kappa shape index (κ2) is 15.2. The minimum Gasteiger partial charge on any atom is -0.344 e. The standard InChI is InChI=1S/C40H32ClF7N10O4S/c1-55-34-29(6-5-26(41)32(34)37(53-55)54-63(2,61)62)58-38(51-27-12-19(3-4-23(27)39(58)60)20-15-49-56(16-20)8-7-42)28(11-18-9-21(43)13-22(44)10-18)50-30(59)17-57-35-31(33(52-57)36(45)46)24-14-25(24)40(35,47)48/h3-6,9-10,12-13,15-16,24-25,28,36H,7-8,11,14,17H2,1-2H3,(H,50,59)(H,53,54)/t24-,25+,28-/m0/s1. The van der Waals surface area contributed by atoms with Crippen LogP contribution in [0.15, 0.2) is 65.7 Å². The Kier molecular flexibility index (Phi) is 10.1. The number of hydrogen-bond acceptors (Lipinski definition) is 8. The summed E-state index contributed by atoms with van der Waals surface area (Å²) in [5.74, 6) is -9.18. The number of carbonyl (C=O) groups is 1. The Morgan fingerprint density at radius 2 is 1.79 bits per heavy atom. The monoisotopic (exact) mass is 916 g/mol. The molecule has 1 saturated carbocycles. The van der Waals surface area contributed by atoms with Crippen LogP contribution < -0.4 is 15.6 Å². The number of anilines is 1. The van der Waals surface area contributed by atoms with Gasteiger partial charge in [0.05, 0.1) is 57.6 Å². The Morgan fingerprint density at radius 3 is 2.49 bits per heavy atom. The summed E-state index contributed by atoms with van der Waals surface area (Å²) >= 11 is 6.62. The van der Waals surface area contributed by atoms with Crippen LogP contribution >= 0.6 is 11.6 Å². The van der Waals surface area contributed by atoms with Gasteiger partial charge in [0, 0.05) is 42.8 Å². The maximum absolute atomic E-state index is 15.5. The molecule has 0 unspecified atom stereocenters. The van der Waals surface area contributed by atoms with Gasteiger partial charge in [-0.3, -0.25) is 32.9 Å². The average molecular weight is 917 g/mol. The predicted molar refractivity (Wildman–Crippen MR) is 215 cm³/mol. The molecule has 23 heteroatoms. The Balaban J connectivity index is 1.25. The Hall–Kier alpha value is -6.29. The normalized spacial score (nSPS) is 17.1. The molecule has 0 bridgehead atoms. The van der Waals surface area contributed by atoms with Crippen LogP contribution in [-0.2, 0) is 47.3 Å². The average Bonchev–Trinajstić information content (AvgIpc) is 3.41. The number of sulfonamides is 1. The molecule has 0 saturated heterocycles. The highest BCUT2D eigenvalue weighted by Gasteiger charge is 2.67. The predicted octanol–water partition coefficient (Wildman–Crippen LogP) is 6.85. The highest BCUT2D eigenvalue weighted by Crippen LogP contribution is 2.68. The van der Waals surface area contributed by atoms with Crippen molar-refractivity contribution in [2.45, 2.75) is 50.2 Å². The molecule has 63 heavy (non-hydrogen) atoms. The van der Waals surface area contributed by atoms with Gasteiger partial charge in [-0.15, -0.1) is 0 Å². The van der Waals surface area contributed by atoms with Gasteiger partial charge in [-0.2, -0.15) is 24.1 Å². The molecule has 0 radical (unpaired) electrons. The van der Waals surface area contributed by atoms with Crippen LogP contribution in [-0.4, -0.2) is 66.1 Å². The van der Waals surface area contributed by atoms with Crippen molar-refractivity contribution in [3.63, 3.8) is 0 Å². The Morgan fingerprint density at radius 1 is 1.05 bits per heavy atom. The second-order valence-electron chi connectivity index (χ2n) is 15.4. The topological polar surface area (TPSA) is 164 Å². The van der Waals surface area contributed by atoms with E-state index in [9.17, 15) is 40.0 Å². The molecular weight excluding hydrogens is 885 g/mol. The molecule has 3 aromatic carbocycles. The SMILES string of the molecule is Cn1nc(NS(C)(=O)=O)c2c(Cl)ccc(-n3c([C@H](Cc4cc(F)cc(F)c4)NC(=O)Cn4nc(C(F)F)c5c4C(F)(F)[C@@H]4C[C@H]54)nc4cc(-c5cnn(CCF)c5)ccc4c3=O)c21. The molecule has 2 N–H and O–H groups in total. The van der Waals surface area contributed by atoms with Crippen LogP contribution in [0.4, 0.5) is 36.6 Å². The number of fused-ring (bicyclic) bond motifs is 5. The zero-order valence-corrected chi connectivity index (χ0v) is 34.3. The van der Waals surface area contributed by atoms with E-state index in [1.165, 1.54) is 46.9 Å². The lowest BCUT2D eigenvalue weighted by Crippen LogP contribution is -2.38. The fourth-order valence-corrected chi connectivity index (χ4v) is 9.22. The number of benzene rings is 3. The molecular formula is C40H32ClF7N10O4S. The van der Waals surface area contributed by atoms with Crippen molar-refractivity contribution in [3.05, 3.63) is 116 Å². The molecule has 3 atom stereocenters. The van der Waals surface area contributed by atoms with Gasteiger partial charge in [-0.05, 0) is 59.9 Å². The van der Waals surface area contributed by atoms with Crippen molar-refractivity contribution >= 4 is 55.2 Å². The van der Waals surface area contributed by atoms with Crippen LogP contribution in [0.5, 0.6) is 0 Å². The van der Waals surface area contributed by atoms with Crippen molar-refractivity contribution in [1.82, 2.24) is 44.2 Å². The van der Waals surface area contributed by atoms with E-state index in [1.54, 1.807) is 12.3 Å². The summed E-state index contributed by atoms with van der Waals surface area (Å²) < 4.78 is 133. The first-order chi connectivity index (χ1) is 29.8. The lowest BCUT2D eigenvalue weighted by Gasteiger charge is -2.24. The molecule has 14 nitrogen and oxygen atoms in total. The number of nitrogens with zero attached hydrogens (tertiary/aromatic N) is 8. The molecule has 9 rings (SSSR count). The second-order valence-corrected chi connectivity index (χ2v) is 17.6. The number of alkyl halides is 5. The quantitative estimate of drug-likeness (QED) is 0.119. The molecule has 2 aliphatic carbocycles. The van der Waals surface area contributed by atoms with Crippen LogP contribution in [0, 0.1) is 17.6 Å². The molecule has 4 heterocycles. The van der Waals surface area contributed by atoms with Crippen molar-refractivity contribution in [3.8, 4) is 16.8 Å². The van der Waals surface area contributed by atoms with E-state index in [1.807, 2.05) is 0 Å². The molecule has 0 spiro atoms. The van der Waals surface area contributed by atoms with Gasteiger partial charge in [0.2, 0.25) is 15.9 Å². The van der Waals surface area contributed by atoms with E-state index in [0.29, 0.717) is 21.9 Å². The number of hydrogen-bond donors (Lipinski definition) is 2. The minimum atomic E-state index is -3.93. The summed E-state index contributed by atoms with van der Waals surface area (Å²) in [6.45, 7) is -1.72. The Labute approximate surface area is 356 Å². The molecule has 0 aliphatic heterocycles. The van der Waals surface area contributed by atoms with Crippen LogP contribution in [0.3, 0.4) is 0 Å². The number of halogens is 8. The van der Waals surface area contributed by atoms with Crippen molar-refractivity contribution in [1.29, 1.82) is 0 Å². The van der Waals surface area contributed by atoms with Crippen LogP contribution in [0.2, 0.25) is 5.02 Å². The zero-order valence-electron chi connectivity index (χ0n) is 32.8. The first-order valence-corrected chi connectivity index (χ1v) is 21.4. The number of nitrogens with one attached hydrogen (secondary N) is 2. The summed E-state index contributed by atoms with van der Waals surface area (Å²) in [4.78, 5) is 34.0. The van der Waals surface area contributed by atoms with Gasteiger partial charge in [0.25, 0.3) is 17.9 Å². The third kappa shape index (κ3) is 7.47. The summed E-state index contributed by atoms with van der Waals surface area (Å²) in [7, 11) is -2.49. The lowest BCUT2D eigenvalue weighted by molar-refractivity contribution is -0.123. The third-order valence-corrected chi connectivity index (χ3v) is 12.0. The zero-order chi connectivity index (χ0) is 44.9. The van der Waals surface area contributed by atoms with E-state index in [-0.39, 0.29) is 68.3 Å². The summed E-state index contributed by atoms with van der Waals surface area (Å²) in [6, 6.07) is 8.30. The highest BCUT2D eigenvalue weighted by atomic mass is 35.5. The molecule has 2 aliphatic rings. The van der Waals surface area contributed by atoms with Gasteiger partial charge < -0.3 is 5.32 Å². The van der Waals surface area contributed by atoms with E-state index < -0.39 is 94.4 Å². The van der Waals surface area contributed by atoms with Gasteiger partial charge in [0.15, 0.2) is 5.82 Å². The minimum absolute atomic E-state index is 0.00714. The number of rotatable bonds is 13. The fourth-order valence-electron chi connectivity index (χ4n) is 8.48. The number of amides is 1. The van der Waals surface area contributed by atoms with Gasteiger partial charge in [-0.25, -0.2) is 35.4 Å². The molecule has 1 fully saturated rings. The first-order valence-electron chi connectivity index (χ1n) is 19.1. The van der Waals surface area contributed by atoms with Gasteiger partial charge in [0.1, 0.15) is 42.1 Å². The highest BCUT2D eigenvalue weighted by molar-refractivity contribution is 7.92. The number of aryl methyl sites for hydroxylation is 2. The smallest absolute Gasteiger partial charge is 0.293 e. The van der Waals surface area contributed by atoms with E-state index in [4.69, 9.17) is 16.6 Å². The summed E-state index contributed by atoms with van der Waals surface area (Å²) in [5.41, 5.74) is -1.69. The van der Waals surface area contributed by atoms with E-state index in [0.717, 1.165) is 23.0 Å². The van der Waals surface area contributed by atoms with E-state index in [2.05, 4.69) is 25.3 Å². The van der Waals surface area contributed by atoms with Crippen LogP contribution in [0.1, 0.15) is 53.1 Å². The van der Waals surface area contributed by atoms with E-state index >= 15 is 8.78 Å². The van der Waals surface area contributed by atoms with Crippen LogP contribution in [0.25, 0.3) is 38.6 Å². The maximum atomic E-state index is 15.5. The molecule has 7 aromatic rings. The molecule has 328 valence electrons. The van der Waals surface area contributed by atoms with Gasteiger partial charge in [-0.1, -0.05) is 17.7 Å². The third-order valence-electron chi connectivity index (χ3n) is 11.1. The molecule has 4 aromatic heterocycles. The number of aromatic nitrogens is 8. The molecule has 1 amide bonds. The number of carbonyl (C=O) groups excluding carboxylic acids is 1. The lowest BCUT2D eigenvalue weighted by atomic mass is 10.0. The van der Waals surface area contributed by atoms with Gasteiger partial charge >= 0.3 is 0 Å². The maximum Gasteiger partial charge on any atom is 0.293 e. The summed E-state index contributed by atoms with van der Waals surface area (Å²) in [5, 5.41) is 14.9.